The van der Waals surface area contributed by atoms with Crippen LogP contribution in [0.2, 0.25) is 0 Å². The van der Waals surface area contributed by atoms with Crippen LogP contribution in [0.5, 0.6) is 0 Å². The van der Waals surface area contributed by atoms with Gasteiger partial charge in [0, 0.05) is 17.8 Å². The lowest BCUT2D eigenvalue weighted by Crippen LogP contribution is -2.01. The average molecular weight is 336 g/mol. The lowest BCUT2D eigenvalue weighted by molar-refractivity contribution is -0.383. The molecule has 0 unspecified atom stereocenters. The monoisotopic (exact) mass is 336 g/mol. The number of hydrogen-bond donors (Lipinski definition) is 1. The van der Waals surface area contributed by atoms with E-state index in [0.717, 1.165) is 5.56 Å². The van der Waals surface area contributed by atoms with Crippen LogP contribution in [0.3, 0.4) is 0 Å². The van der Waals surface area contributed by atoms with Crippen molar-refractivity contribution in [3.8, 4) is 0 Å². The number of rotatable bonds is 6. The van der Waals surface area contributed by atoms with Crippen molar-refractivity contribution in [1.29, 1.82) is 0 Å². The third-order valence-corrected chi connectivity index (χ3v) is 3.70. The van der Waals surface area contributed by atoms with Crippen molar-refractivity contribution in [3.05, 3.63) is 82.2 Å². The van der Waals surface area contributed by atoms with Crippen LogP contribution in [0.15, 0.2) is 60.9 Å². The van der Waals surface area contributed by atoms with Crippen LogP contribution in [0, 0.1) is 10.1 Å². The first kappa shape index (κ1) is 16.4. The average Bonchev–Trinajstić information content (AvgIpc) is 3.02. The Morgan fingerprint density at radius 3 is 2.68 bits per heavy atom. The van der Waals surface area contributed by atoms with E-state index >= 15 is 0 Å². The maximum Gasteiger partial charge on any atom is 0.293 e. The number of ketones is 1. The van der Waals surface area contributed by atoms with E-state index in [1.807, 2.05) is 30.3 Å². The fourth-order valence-electron chi connectivity index (χ4n) is 2.45. The number of Topliss-reactive ketones (excluding diaryl/α,β-unsaturated/α-hetero) is 1. The normalized spacial score (nSPS) is 10.4. The number of benzene rings is 2. The highest BCUT2D eigenvalue weighted by molar-refractivity contribution is 5.95. The fraction of sp³-hybridized carbons (Fsp3) is 0.111. The lowest BCUT2D eigenvalue weighted by atomic mass is 10.1. The van der Waals surface area contributed by atoms with Crippen LogP contribution in [0.25, 0.3) is 0 Å². The summed E-state index contributed by atoms with van der Waals surface area (Å²) in [6, 6.07) is 14.2. The van der Waals surface area contributed by atoms with Gasteiger partial charge in [0.2, 0.25) is 0 Å². The number of nitrogens with one attached hydrogen (secondary N) is 1. The van der Waals surface area contributed by atoms with Crippen LogP contribution in [-0.4, -0.2) is 20.5 Å². The Bertz CT molecular complexity index is 919. The largest absolute Gasteiger partial charge is 0.347 e. The van der Waals surface area contributed by atoms with Crippen molar-refractivity contribution in [2.45, 2.75) is 13.5 Å². The minimum atomic E-state index is -0.511. The summed E-state index contributed by atoms with van der Waals surface area (Å²) < 4.78 is 1.74. The summed E-state index contributed by atoms with van der Waals surface area (Å²) in [6.45, 7) is 1.98. The highest BCUT2D eigenvalue weighted by atomic mass is 16.6. The van der Waals surface area contributed by atoms with E-state index in [0.29, 0.717) is 23.5 Å². The number of anilines is 2. The summed E-state index contributed by atoms with van der Waals surface area (Å²) in [7, 11) is 0. The molecule has 0 bridgehead atoms. The second-order valence-electron chi connectivity index (χ2n) is 5.58. The number of nitro groups is 1. The maximum atomic E-state index is 11.4. The summed E-state index contributed by atoms with van der Waals surface area (Å²) in [4.78, 5) is 22.2. The molecule has 0 amide bonds. The number of carbonyl (C=O) groups excluding carboxylic acids is 1. The van der Waals surface area contributed by atoms with Crippen LogP contribution < -0.4 is 5.32 Å². The van der Waals surface area contributed by atoms with Crippen molar-refractivity contribution < 1.29 is 9.72 Å². The van der Waals surface area contributed by atoms with Crippen LogP contribution in [-0.2, 0) is 6.54 Å². The smallest absolute Gasteiger partial charge is 0.293 e. The number of carbonyl (C=O) groups is 1. The number of nitrogens with zero attached hydrogens (tertiary/aromatic N) is 3. The van der Waals surface area contributed by atoms with Gasteiger partial charge in [-0.25, -0.2) is 0 Å². The maximum absolute atomic E-state index is 11.4. The summed E-state index contributed by atoms with van der Waals surface area (Å²) in [5, 5.41) is 18.5. The molecule has 3 rings (SSSR count). The molecule has 1 aromatic heterocycles. The Morgan fingerprint density at radius 1 is 1.24 bits per heavy atom. The van der Waals surface area contributed by atoms with Crippen molar-refractivity contribution in [1.82, 2.24) is 9.78 Å². The van der Waals surface area contributed by atoms with Gasteiger partial charge >= 0.3 is 0 Å². The van der Waals surface area contributed by atoms with E-state index in [1.165, 1.54) is 19.1 Å². The number of aromatic nitrogens is 2. The standard InChI is InChI=1S/C18H16N4O3/c1-13(23)15-7-8-17(18(9-15)22(24)25)20-16-10-19-21(12-16)11-14-5-3-2-4-6-14/h2-10,12,20H,11H2,1H3. The first-order valence-electron chi connectivity index (χ1n) is 7.66. The molecule has 7 nitrogen and oxygen atoms in total. The zero-order chi connectivity index (χ0) is 17.8. The molecule has 0 aliphatic heterocycles. The minimum absolute atomic E-state index is 0.150. The molecule has 0 saturated heterocycles. The third kappa shape index (κ3) is 3.89. The second-order valence-corrected chi connectivity index (χ2v) is 5.58. The van der Waals surface area contributed by atoms with Gasteiger partial charge in [-0.2, -0.15) is 5.10 Å². The molecule has 0 aliphatic rings. The summed E-state index contributed by atoms with van der Waals surface area (Å²) in [5.74, 6) is -0.217. The Balaban J connectivity index is 1.81. The molecule has 0 saturated carbocycles. The Hall–Kier alpha value is -3.48. The van der Waals surface area contributed by atoms with Gasteiger partial charge in [-0.1, -0.05) is 30.3 Å². The Labute approximate surface area is 144 Å². The molecule has 0 aliphatic carbocycles. The van der Waals surface area contributed by atoms with Gasteiger partial charge in [-0.15, -0.1) is 0 Å². The molecular formula is C18H16N4O3. The van der Waals surface area contributed by atoms with E-state index in [4.69, 9.17) is 0 Å². The van der Waals surface area contributed by atoms with E-state index in [-0.39, 0.29) is 11.5 Å². The van der Waals surface area contributed by atoms with Crippen molar-refractivity contribution in [2.24, 2.45) is 0 Å². The lowest BCUT2D eigenvalue weighted by Gasteiger charge is -2.06. The Morgan fingerprint density at radius 2 is 2.00 bits per heavy atom. The van der Waals surface area contributed by atoms with Gasteiger partial charge < -0.3 is 5.32 Å². The van der Waals surface area contributed by atoms with E-state index in [2.05, 4.69) is 10.4 Å². The van der Waals surface area contributed by atoms with Crippen LogP contribution >= 0.6 is 0 Å². The third-order valence-electron chi connectivity index (χ3n) is 3.70. The molecule has 2 aromatic carbocycles. The molecular weight excluding hydrogens is 320 g/mol. The topological polar surface area (TPSA) is 90.1 Å². The zero-order valence-corrected chi connectivity index (χ0v) is 13.5. The highest BCUT2D eigenvalue weighted by Crippen LogP contribution is 2.28. The van der Waals surface area contributed by atoms with E-state index in [1.54, 1.807) is 23.1 Å². The molecule has 1 N–H and O–H groups in total. The van der Waals surface area contributed by atoms with Gasteiger partial charge in [0.05, 0.1) is 23.4 Å². The fourth-order valence-corrected chi connectivity index (χ4v) is 2.45. The van der Waals surface area contributed by atoms with E-state index < -0.39 is 4.92 Å². The minimum Gasteiger partial charge on any atom is -0.347 e. The van der Waals surface area contributed by atoms with Crippen molar-refractivity contribution >= 4 is 22.8 Å². The molecule has 126 valence electrons. The van der Waals surface area contributed by atoms with Crippen LogP contribution in [0.4, 0.5) is 17.1 Å². The molecule has 0 radical (unpaired) electrons. The molecule has 7 heteroatoms. The summed E-state index contributed by atoms with van der Waals surface area (Å²) >= 11 is 0. The zero-order valence-electron chi connectivity index (χ0n) is 13.5. The van der Waals surface area contributed by atoms with Crippen molar-refractivity contribution in [3.63, 3.8) is 0 Å². The van der Waals surface area contributed by atoms with E-state index in [9.17, 15) is 14.9 Å². The first-order valence-corrected chi connectivity index (χ1v) is 7.66. The number of nitro benzene ring substituents is 1. The van der Waals surface area contributed by atoms with Gasteiger partial charge in [0.25, 0.3) is 5.69 Å². The first-order chi connectivity index (χ1) is 12.0. The highest BCUT2D eigenvalue weighted by Gasteiger charge is 2.16. The van der Waals surface area contributed by atoms with Gasteiger partial charge in [-0.05, 0) is 24.6 Å². The SMILES string of the molecule is CC(=O)c1ccc(Nc2cnn(Cc3ccccc3)c2)c([N+](=O)[O-])c1. The predicted molar refractivity (Wildman–Crippen MR) is 94.2 cm³/mol. The Kier molecular flexibility index (Phi) is 4.56. The second kappa shape index (κ2) is 6.96. The number of hydrogen-bond acceptors (Lipinski definition) is 5. The summed E-state index contributed by atoms with van der Waals surface area (Å²) in [5.41, 5.74) is 2.21. The van der Waals surface area contributed by atoms with Crippen molar-refractivity contribution in [2.75, 3.05) is 5.32 Å². The van der Waals surface area contributed by atoms with Gasteiger partial charge in [0.15, 0.2) is 5.78 Å². The molecule has 3 aromatic rings. The predicted octanol–water partition coefficient (Wildman–Crippen LogP) is 3.79. The molecule has 1 heterocycles. The summed E-state index contributed by atoms with van der Waals surface area (Å²) in [6.07, 6.45) is 3.38. The molecule has 25 heavy (non-hydrogen) atoms. The quantitative estimate of drug-likeness (QED) is 0.420. The molecule has 0 atom stereocenters. The van der Waals surface area contributed by atoms with Gasteiger partial charge in [0.1, 0.15) is 5.69 Å². The van der Waals surface area contributed by atoms with Gasteiger partial charge in [-0.3, -0.25) is 19.6 Å². The van der Waals surface area contributed by atoms with Crippen LogP contribution in [0.1, 0.15) is 22.8 Å². The molecule has 0 fully saturated rings. The molecule has 0 spiro atoms.